The third-order valence-electron chi connectivity index (χ3n) is 21.4. The Labute approximate surface area is 764 Å². The SMILES string of the molecule is COC(=O)CCCCC(=O)NCC(=O)NCC(=O)NCC(=O)Nc1cc(CBr)cc(CBr)c1.COC(=O)CCCCC(=O)NCC(=O)NCC(=O)NCC(=O)Nc1cc(COc2cc3c(cc2OC)C(=O)N2c4ccccc4C[C@H]2C=N3)cc(COc2cc3c(cc2OC)C(=O)N2c4ccccc4C[C@H]2C=N3)c1.COc1cc2c(cc1O)N=C[C@@H]1Cc3ccccc3N1C2=O. The number of carbonyl (C=O) groups is 13. The maximum Gasteiger partial charge on any atom is 0.305 e. The van der Waals surface area contributed by atoms with Crippen molar-refractivity contribution < 1.29 is 101 Å². The predicted octanol–water partition coefficient (Wildman–Crippen LogP) is 9.64. The van der Waals surface area contributed by atoms with Crippen LogP contribution in [0.3, 0.4) is 0 Å². The first-order valence-corrected chi connectivity index (χ1v) is 43.8. The van der Waals surface area contributed by atoms with Gasteiger partial charge >= 0.3 is 11.9 Å². The van der Waals surface area contributed by atoms with E-state index in [-0.39, 0.29) is 136 Å². The van der Waals surface area contributed by atoms with Gasteiger partial charge in [0.2, 0.25) is 47.3 Å². The summed E-state index contributed by atoms with van der Waals surface area (Å²) in [5, 5.41) is 31.2. The number of amides is 11. The third kappa shape index (κ3) is 24.7. The molecule has 3 atom stereocenters. The minimum absolute atomic E-state index is 0.0198. The van der Waals surface area contributed by atoms with Crippen LogP contribution in [0.2, 0.25) is 0 Å². The Morgan fingerprint density at radius 3 is 1.02 bits per heavy atom. The van der Waals surface area contributed by atoms with Gasteiger partial charge in [0.05, 0.1) is 127 Å². The lowest BCUT2D eigenvalue weighted by molar-refractivity contribution is -0.141. The molecule has 0 radical (unpaired) electrons. The molecule has 0 saturated heterocycles. The van der Waals surface area contributed by atoms with Crippen LogP contribution in [0.15, 0.2) is 161 Å². The second-order valence-corrected chi connectivity index (χ2v) is 31.5. The van der Waals surface area contributed by atoms with Crippen LogP contribution in [0, 0.1) is 0 Å². The number of nitrogens with zero attached hydrogens (tertiary/aromatic N) is 6. The van der Waals surface area contributed by atoms with Crippen LogP contribution < -0.4 is 80.9 Å². The number of ether oxygens (including phenoxy) is 7. The minimum atomic E-state index is -0.652. The van der Waals surface area contributed by atoms with Crippen molar-refractivity contribution in [2.45, 2.75) is 113 Å². The molecule has 8 aromatic carbocycles. The van der Waals surface area contributed by atoms with Crippen molar-refractivity contribution in [1.82, 2.24) is 31.9 Å². The lowest BCUT2D eigenvalue weighted by atomic mass is 10.1. The molecular formula is C93H96Br2N14O21. The number of para-hydroxylation sites is 3. The molecule has 6 aliphatic heterocycles. The summed E-state index contributed by atoms with van der Waals surface area (Å²) >= 11 is 6.76. The second kappa shape index (κ2) is 45.4. The average molecular weight is 1910 g/mol. The van der Waals surface area contributed by atoms with Crippen LogP contribution in [0.1, 0.15) is 121 Å². The number of carbonyl (C=O) groups excluding carboxylic acids is 13. The van der Waals surface area contributed by atoms with E-state index in [1.165, 1.54) is 41.6 Å². The van der Waals surface area contributed by atoms with Crippen LogP contribution in [-0.2, 0) is 101 Å². The lowest BCUT2D eigenvalue weighted by Gasteiger charge is -2.22. The number of hydrogen-bond donors (Lipinski definition) is 9. The number of fused-ring (bicyclic) bond motifs is 12. The Morgan fingerprint density at radius 2 is 0.677 bits per heavy atom. The number of hydrogen-bond acceptors (Lipinski definition) is 24. The zero-order valence-electron chi connectivity index (χ0n) is 71.7. The first-order valence-electron chi connectivity index (χ1n) is 41.5. The molecule has 0 fully saturated rings. The van der Waals surface area contributed by atoms with Gasteiger partial charge in [-0.3, -0.25) is 92.0 Å². The van der Waals surface area contributed by atoms with E-state index in [2.05, 4.69) is 88.9 Å². The third-order valence-corrected chi connectivity index (χ3v) is 22.7. The molecule has 0 unspecified atom stereocenters. The zero-order valence-corrected chi connectivity index (χ0v) is 74.9. The molecule has 678 valence electrons. The number of aromatic hydroxyl groups is 1. The number of benzene rings is 8. The molecule has 130 heavy (non-hydrogen) atoms. The van der Waals surface area contributed by atoms with Crippen molar-refractivity contribution >= 4 is 173 Å². The van der Waals surface area contributed by atoms with E-state index in [0.717, 1.165) is 51.3 Å². The lowest BCUT2D eigenvalue weighted by Crippen LogP contribution is -2.43. The van der Waals surface area contributed by atoms with E-state index in [4.69, 9.17) is 33.7 Å². The standard InChI is InChI=1S/C55H54N8O12.C21H28Br2N4O6.C17H14N2O3/c1-71-45-21-39-41(56-25-37-19-34-10-4-6-12-43(34)62(37)54(39)69)23-47(45)74-30-32-16-33(18-36(17-32)61-52(67)29-60-51(66)28-59-50(65)27-58-49(64)14-8-9-15-53(68)73-3)31-75-48-24-42-40(22-46(48)72-2)55(70)63-38(26-57-42)20-35-11-5-7-13-44(35)63;1-33-21(32)5-3-2-4-17(28)24-11-18(29)25-12-19(30)26-13-20(31)27-16-7-14(9-22)6-15(8-16)10-23;1-22-16-7-12-13(8-15(16)20)18-9-11-6-10-4-2-3-5-14(10)19(11)17(12)21/h4-7,10-13,16-18,21-26,37-38H,8-9,14-15,19-20,27-31H2,1-3H3,(H,58,64)(H,59,65)(H,60,66)(H,61,67);6-8H,2-5,9-13H2,1H3,(H,24,28)(H,25,29)(H,26,30)(H,27,31);2-5,7-9,11,20H,6H2,1H3/t37-,38-;;11-/m0.0/s1. The predicted molar refractivity (Wildman–Crippen MR) is 490 cm³/mol. The van der Waals surface area contributed by atoms with Crippen LogP contribution in [-0.4, -0.2) is 194 Å². The van der Waals surface area contributed by atoms with Gasteiger partial charge in [0.25, 0.3) is 17.7 Å². The molecule has 0 bridgehead atoms. The molecule has 14 rings (SSSR count). The Balaban J connectivity index is 0.000000226. The molecule has 6 heterocycles. The van der Waals surface area contributed by atoms with Gasteiger partial charge in [0.1, 0.15) is 13.2 Å². The fourth-order valence-corrected chi connectivity index (χ4v) is 15.7. The van der Waals surface area contributed by atoms with E-state index < -0.39 is 48.5 Å². The molecule has 0 aliphatic carbocycles. The van der Waals surface area contributed by atoms with Gasteiger partial charge in [0.15, 0.2) is 34.5 Å². The number of phenolic OH excluding ortho intramolecular Hbond substituents is 1. The van der Waals surface area contributed by atoms with E-state index >= 15 is 0 Å². The van der Waals surface area contributed by atoms with E-state index in [1.807, 2.05) is 97.1 Å². The first-order chi connectivity index (χ1) is 62.8. The molecule has 0 aromatic heterocycles. The molecule has 37 heteroatoms. The number of phenols is 1. The Morgan fingerprint density at radius 1 is 0.369 bits per heavy atom. The van der Waals surface area contributed by atoms with E-state index in [9.17, 15) is 67.4 Å². The van der Waals surface area contributed by atoms with Gasteiger partial charge in [-0.1, -0.05) is 92.5 Å². The van der Waals surface area contributed by atoms with Gasteiger partial charge in [0, 0.05) is 121 Å². The quantitative estimate of drug-likeness (QED) is 0.0101. The summed E-state index contributed by atoms with van der Waals surface area (Å²) in [5.74, 6) is -3.81. The average Bonchev–Trinajstić information content (AvgIpc) is 1.62. The van der Waals surface area contributed by atoms with Gasteiger partial charge in [-0.25, -0.2) is 0 Å². The Kier molecular flexibility index (Phi) is 33.1. The number of halogens is 2. The molecule has 0 spiro atoms. The van der Waals surface area contributed by atoms with Gasteiger partial charge in [-0.2, -0.15) is 0 Å². The van der Waals surface area contributed by atoms with Crippen molar-refractivity contribution in [2.24, 2.45) is 15.0 Å². The van der Waals surface area contributed by atoms with Crippen LogP contribution in [0.4, 0.5) is 45.5 Å². The maximum absolute atomic E-state index is 14.0. The Hall–Kier alpha value is -14.4. The highest BCUT2D eigenvalue weighted by Gasteiger charge is 2.40. The molecule has 35 nitrogen and oxygen atoms in total. The summed E-state index contributed by atoms with van der Waals surface area (Å²) in [6.45, 7) is -2.20. The van der Waals surface area contributed by atoms with E-state index in [0.29, 0.717) is 128 Å². The van der Waals surface area contributed by atoms with Gasteiger partial charge in [-0.05, 0) is 131 Å². The highest BCUT2D eigenvalue weighted by atomic mass is 79.9. The van der Waals surface area contributed by atoms with Gasteiger partial charge in [-0.15, -0.1) is 0 Å². The maximum atomic E-state index is 14.0. The second-order valence-electron chi connectivity index (χ2n) is 30.4. The number of esters is 2. The fourth-order valence-electron chi connectivity index (χ4n) is 15.0. The highest BCUT2D eigenvalue weighted by molar-refractivity contribution is 9.08. The minimum Gasteiger partial charge on any atom is -0.504 e. The molecule has 0 saturated carbocycles. The summed E-state index contributed by atoms with van der Waals surface area (Å²) < 4.78 is 38.4. The van der Waals surface area contributed by atoms with Gasteiger partial charge < -0.3 is 80.8 Å². The first kappa shape index (κ1) is 94.8. The van der Waals surface area contributed by atoms with E-state index in [1.54, 1.807) is 75.8 Å². The number of alkyl halides is 2. The van der Waals surface area contributed by atoms with Crippen molar-refractivity contribution in [2.75, 3.05) is 100 Å². The van der Waals surface area contributed by atoms with Crippen LogP contribution in [0.25, 0.3) is 0 Å². The number of nitrogens with one attached hydrogen (secondary N) is 8. The largest absolute Gasteiger partial charge is 0.504 e. The smallest absolute Gasteiger partial charge is 0.305 e. The summed E-state index contributed by atoms with van der Waals surface area (Å²) in [6, 6.07) is 43.3. The van der Waals surface area contributed by atoms with Crippen LogP contribution >= 0.6 is 31.9 Å². The van der Waals surface area contributed by atoms with Crippen LogP contribution in [0.5, 0.6) is 34.5 Å². The topological polar surface area (TPSA) is 450 Å². The van der Waals surface area contributed by atoms with Crippen molar-refractivity contribution in [3.63, 3.8) is 0 Å². The normalized spacial score (nSPS) is 14.6. The molecule has 9 N–H and O–H groups in total. The number of anilines is 5. The highest BCUT2D eigenvalue weighted by Crippen LogP contribution is 2.45. The fraction of sp³-hybridized carbons (Fsp3) is 0.312. The van der Waals surface area contributed by atoms with Crippen molar-refractivity contribution in [1.29, 1.82) is 0 Å². The summed E-state index contributed by atoms with van der Waals surface area (Å²) in [6.07, 6.45) is 9.94. The Bertz CT molecular complexity index is 5580. The number of aliphatic imine (C=N–C) groups is 3. The van der Waals surface area contributed by atoms with Crippen molar-refractivity contribution in [3.8, 4) is 34.5 Å². The summed E-state index contributed by atoms with van der Waals surface area (Å²) in [5.41, 5.74) is 12.4. The zero-order chi connectivity index (χ0) is 92.5. The number of methoxy groups -OCH3 is 5. The molecular weight excluding hydrogens is 1810 g/mol. The molecule has 8 aromatic rings. The summed E-state index contributed by atoms with van der Waals surface area (Å²) in [4.78, 5) is 180. The molecule has 6 aliphatic rings. The number of rotatable bonds is 35. The summed E-state index contributed by atoms with van der Waals surface area (Å²) in [7, 11) is 7.00. The molecule has 11 amide bonds. The number of unbranched alkanes of at least 4 members (excludes halogenated alkanes) is 2. The van der Waals surface area contributed by atoms with Crippen molar-refractivity contribution in [3.05, 3.63) is 201 Å². The monoisotopic (exact) mass is 1900 g/mol.